The molecule has 5 nitrogen and oxygen atoms in total. The lowest BCUT2D eigenvalue weighted by Crippen LogP contribution is -2.31. The maximum absolute atomic E-state index is 12.4. The summed E-state index contributed by atoms with van der Waals surface area (Å²) in [7, 11) is 0. The second-order valence-electron chi connectivity index (χ2n) is 4.20. The Balaban J connectivity index is 2.99. The number of rotatable bonds is 6. The molecule has 0 saturated carbocycles. The molecule has 0 amide bonds. The molecular weight excluding hydrogens is 277 g/mol. The van der Waals surface area contributed by atoms with Crippen molar-refractivity contribution < 1.29 is 22.8 Å². The van der Waals surface area contributed by atoms with Crippen LogP contribution in [-0.4, -0.2) is 23.7 Å². The van der Waals surface area contributed by atoms with E-state index in [4.69, 9.17) is 4.74 Å². The zero-order valence-corrected chi connectivity index (χ0v) is 11.0. The van der Waals surface area contributed by atoms with E-state index in [2.05, 4.69) is 5.32 Å². The second kappa shape index (κ2) is 6.44. The first kappa shape index (κ1) is 16.1. The van der Waals surface area contributed by atoms with Gasteiger partial charge in [-0.25, -0.2) is 0 Å². The van der Waals surface area contributed by atoms with E-state index < -0.39 is 17.2 Å². The summed E-state index contributed by atoms with van der Waals surface area (Å²) in [6, 6.07) is 3.53. The Kier molecular flexibility index (Phi) is 5.18. The van der Waals surface area contributed by atoms with Crippen LogP contribution in [-0.2, 0) is 0 Å². The number of nitrogens with one attached hydrogen (secondary N) is 1. The third kappa shape index (κ3) is 4.60. The van der Waals surface area contributed by atoms with Crippen LogP contribution in [0.2, 0.25) is 0 Å². The number of alkyl halides is 3. The number of non-ortho nitro benzene ring substituents is 1. The summed E-state index contributed by atoms with van der Waals surface area (Å²) in [4.78, 5) is 10.1. The normalized spacial score (nSPS) is 12.8. The van der Waals surface area contributed by atoms with Crippen LogP contribution < -0.4 is 10.1 Å². The molecule has 0 saturated heterocycles. The van der Waals surface area contributed by atoms with Gasteiger partial charge < -0.3 is 10.1 Å². The molecule has 8 heteroatoms. The van der Waals surface area contributed by atoms with Gasteiger partial charge in [-0.1, -0.05) is 6.92 Å². The van der Waals surface area contributed by atoms with E-state index in [1.54, 1.807) is 0 Å². The van der Waals surface area contributed by atoms with Gasteiger partial charge in [0, 0.05) is 24.4 Å². The predicted octanol–water partition coefficient (Wildman–Crippen LogP) is 3.75. The Bertz CT molecular complexity index is 478. The zero-order valence-electron chi connectivity index (χ0n) is 11.0. The van der Waals surface area contributed by atoms with Crippen molar-refractivity contribution in [3.63, 3.8) is 0 Å². The van der Waals surface area contributed by atoms with Crippen LogP contribution in [0.3, 0.4) is 0 Å². The number of hydrogen-bond donors (Lipinski definition) is 1. The van der Waals surface area contributed by atoms with Crippen molar-refractivity contribution in [3.8, 4) is 5.75 Å². The van der Waals surface area contributed by atoms with Gasteiger partial charge in [-0.15, -0.1) is 0 Å². The minimum Gasteiger partial charge on any atom is -0.481 e. The molecule has 0 aliphatic carbocycles. The van der Waals surface area contributed by atoms with E-state index in [1.165, 1.54) is 12.1 Å². The summed E-state index contributed by atoms with van der Waals surface area (Å²) >= 11 is 0. The summed E-state index contributed by atoms with van der Waals surface area (Å²) in [5.74, 6) is -0.192. The molecule has 112 valence electrons. The second-order valence-corrected chi connectivity index (χ2v) is 4.20. The minimum atomic E-state index is -4.53. The van der Waals surface area contributed by atoms with Crippen LogP contribution in [0.5, 0.6) is 5.75 Å². The van der Waals surface area contributed by atoms with E-state index >= 15 is 0 Å². The highest BCUT2D eigenvalue weighted by Gasteiger charge is 2.38. The molecule has 1 aromatic carbocycles. The van der Waals surface area contributed by atoms with Gasteiger partial charge in [0.25, 0.3) is 5.69 Å². The summed E-state index contributed by atoms with van der Waals surface area (Å²) in [6.45, 7) is 3.29. The van der Waals surface area contributed by atoms with Gasteiger partial charge in [-0.05, 0) is 13.3 Å². The standard InChI is InChI=1S/C12H15F3N2O3/c1-3-4-16-9-5-10(17(18)19)7-11(6-9)20-8(2)12(13,14)15/h5-8,16H,3-4H2,1-2H3. The fourth-order valence-corrected chi connectivity index (χ4v) is 1.40. The van der Waals surface area contributed by atoms with E-state index in [1.807, 2.05) is 6.92 Å². The quantitative estimate of drug-likeness (QED) is 0.640. The number of benzene rings is 1. The molecular formula is C12H15F3N2O3. The Morgan fingerprint density at radius 3 is 2.55 bits per heavy atom. The number of hydrogen-bond acceptors (Lipinski definition) is 4. The van der Waals surface area contributed by atoms with Crippen molar-refractivity contribution in [2.45, 2.75) is 32.5 Å². The maximum Gasteiger partial charge on any atom is 0.425 e. The van der Waals surface area contributed by atoms with E-state index in [0.29, 0.717) is 12.2 Å². The number of ether oxygens (including phenoxy) is 1. The molecule has 1 rings (SSSR count). The van der Waals surface area contributed by atoms with Crippen molar-refractivity contribution in [2.24, 2.45) is 0 Å². The van der Waals surface area contributed by atoms with Crippen LogP contribution in [0.1, 0.15) is 20.3 Å². The molecule has 1 N–H and O–H groups in total. The zero-order chi connectivity index (χ0) is 15.3. The highest BCUT2D eigenvalue weighted by Crippen LogP contribution is 2.30. The van der Waals surface area contributed by atoms with Crippen molar-refractivity contribution in [1.29, 1.82) is 0 Å². The van der Waals surface area contributed by atoms with Gasteiger partial charge in [0.2, 0.25) is 0 Å². The molecule has 0 aliphatic heterocycles. The van der Waals surface area contributed by atoms with Crippen molar-refractivity contribution in [2.75, 3.05) is 11.9 Å². The molecule has 1 aromatic rings. The Hall–Kier alpha value is -1.99. The van der Waals surface area contributed by atoms with Gasteiger partial charge in [-0.3, -0.25) is 10.1 Å². The molecule has 1 atom stereocenters. The maximum atomic E-state index is 12.4. The third-order valence-electron chi connectivity index (χ3n) is 2.46. The molecule has 20 heavy (non-hydrogen) atoms. The average molecular weight is 292 g/mol. The van der Waals surface area contributed by atoms with Gasteiger partial charge in [0.05, 0.1) is 11.0 Å². The number of halogens is 3. The number of nitro groups is 1. The smallest absolute Gasteiger partial charge is 0.425 e. The van der Waals surface area contributed by atoms with Crippen molar-refractivity contribution in [3.05, 3.63) is 28.3 Å². The molecule has 0 radical (unpaired) electrons. The van der Waals surface area contributed by atoms with E-state index in [9.17, 15) is 23.3 Å². The largest absolute Gasteiger partial charge is 0.481 e. The van der Waals surface area contributed by atoms with Crippen LogP contribution in [0.15, 0.2) is 18.2 Å². The Morgan fingerprint density at radius 1 is 1.40 bits per heavy atom. The summed E-state index contributed by atoms with van der Waals surface area (Å²) in [6.07, 6.45) is -5.79. The minimum absolute atomic E-state index is 0.192. The fraction of sp³-hybridized carbons (Fsp3) is 0.500. The first-order valence-corrected chi connectivity index (χ1v) is 6.00. The topological polar surface area (TPSA) is 64.4 Å². The number of nitrogens with zero attached hydrogens (tertiary/aromatic N) is 1. The highest BCUT2D eigenvalue weighted by molar-refractivity contribution is 5.56. The summed E-state index contributed by atoms with van der Waals surface area (Å²) in [5.41, 5.74) is 0.0286. The van der Waals surface area contributed by atoms with Crippen LogP contribution >= 0.6 is 0 Å². The monoisotopic (exact) mass is 292 g/mol. The average Bonchev–Trinajstić information content (AvgIpc) is 2.34. The van der Waals surface area contributed by atoms with Crippen molar-refractivity contribution in [1.82, 2.24) is 0 Å². The lowest BCUT2D eigenvalue weighted by molar-refractivity contribution is -0.384. The van der Waals surface area contributed by atoms with Gasteiger partial charge in [0.1, 0.15) is 5.75 Å². The van der Waals surface area contributed by atoms with Gasteiger partial charge in [-0.2, -0.15) is 13.2 Å². The summed E-state index contributed by atoms with van der Waals surface area (Å²) in [5, 5.41) is 13.6. The Morgan fingerprint density at radius 2 is 2.05 bits per heavy atom. The lowest BCUT2D eigenvalue weighted by Gasteiger charge is -2.18. The van der Waals surface area contributed by atoms with Crippen LogP contribution in [0.25, 0.3) is 0 Å². The van der Waals surface area contributed by atoms with Gasteiger partial charge in [0.15, 0.2) is 6.10 Å². The van der Waals surface area contributed by atoms with Crippen LogP contribution in [0, 0.1) is 10.1 Å². The predicted molar refractivity (Wildman–Crippen MR) is 68.0 cm³/mol. The van der Waals surface area contributed by atoms with E-state index in [-0.39, 0.29) is 11.4 Å². The van der Waals surface area contributed by atoms with Crippen molar-refractivity contribution >= 4 is 11.4 Å². The molecule has 1 unspecified atom stereocenters. The molecule has 0 aliphatic rings. The molecule has 0 spiro atoms. The SMILES string of the molecule is CCCNc1cc(OC(C)C(F)(F)F)cc([N+](=O)[O-])c1. The van der Waals surface area contributed by atoms with Gasteiger partial charge >= 0.3 is 6.18 Å². The van der Waals surface area contributed by atoms with E-state index in [0.717, 1.165) is 19.4 Å². The molecule has 0 bridgehead atoms. The molecule has 0 heterocycles. The highest BCUT2D eigenvalue weighted by atomic mass is 19.4. The summed E-state index contributed by atoms with van der Waals surface area (Å²) < 4.78 is 42.0. The molecule has 0 fully saturated rings. The fourth-order valence-electron chi connectivity index (χ4n) is 1.40. The first-order valence-electron chi connectivity index (χ1n) is 6.00. The number of anilines is 1. The third-order valence-corrected chi connectivity index (χ3v) is 2.46. The first-order chi connectivity index (χ1) is 9.24. The molecule has 0 aromatic heterocycles. The van der Waals surface area contributed by atoms with Crippen LogP contribution in [0.4, 0.5) is 24.5 Å². The lowest BCUT2D eigenvalue weighted by atomic mass is 10.2. The Labute approximate surface area is 113 Å². The number of nitro benzene ring substituents is 1.